The number of rotatable bonds is 4. The number of fused-ring (bicyclic) bond motifs is 1. The molecular weight excluding hydrogens is 368 g/mol. The Labute approximate surface area is 171 Å². The molecule has 1 aromatic heterocycles. The first kappa shape index (κ1) is 19.6. The van der Waals surface area contributed by atoms with Crippen LogP contribution in [-0.2, 0) is 21.4 Å². The molecule has 2 aromatic rings. The third-order valence-corrected chi connectivity index (χ3v) is 5.75. The van der Waals surface area contributed by atoms with Gasteiger partial charge in [-0.2, -0.15) is 5.10 Å². The Balaban J connectivity index is 1.45. The molecule has 2 amide bonds. The minimum Gasteiger partial charge on any atom is -0.364 e. The average Bonchev–Trinajstić information content (AvgIpc) is 3.35. The number of carbonyl (C=O) groups is 2. The van der Waals surface area contributed by atoms with Gasteiger partial charge in [0.1, 0.15) is 12.3 Å². The predicted molar refractivity (Wildman–Crippen MR) is 109 cm³/mol. The highest BCUT2D eigenvalue weighted by Gasteiger charge is 2.44. The van der Waals surface area contributed by atoms with Crippen molar-refractivity contribution in [3.8, 4) is 0 Å². The van der Waals surface area contributed by atoms with E-state index in [2.05, 4.69) is 43.1 Å². The molecule has 7 heteroatoms. The second-order valence-electron chi connectivity index (χ2n) is 8.87. The fourth-order valence-electron chi connectivity index (χ4n) is 3.99. The summed E-state index contributed by atoms with van der Waals surface area (Å²) in [6.45, 7) is 7.88. The van der Waals surface area contributed by atoms with E-state index in [9.17, 15) is 9.59 Å². The Bertz CT molecular complexity index is 887. The second kappa shape index (κ2) is 7.63. The van der Waals surface area contributed by atoms with Crippen LogP contribution < -0.4 is 0 Å². The first-order valence-corrected chi connectivity index (χ1v) is 10.1. The van der Waals surface area contributed by atoms with E-state index in [1.165, 1.54) is 5.56 Å². The molecule has 4 rings (SSSR count). The zero-order valence-corrected chi connectivity index (χ0v) is 17.2. The van der Waals surface area contributed by atoms with Gasteiger partial charge < -0.3 is 14.5 Å². The Morgan fingerprint density at radius 3 is 2.69 bits per heavy atom. The molecule has 1 N–H and O–H groups in total. The van der Waals surface area contributed by atoms with Crippen molar-refractivity contribution < 1.29 is 14.3 Å². The fraction of sp³-hybridized carbons (Fsp3) is 0.500. The molecule has 0 spiro atoms. The smallest absolute Gasteiger partial charge is 0.274 e. The SMILES string of the molecule is CC(C)(C)c1cc(C(=O)N2C[C@@H]3OCC(=O)N(CCc4ccccc4)[C@H]3C2)n[nH]1. The van der Waals surface area contributed by atoms with Crippen molar-refractivity contribution in [1.29, 1.82) is 0 Å². The third kappa shape index (κ3) is 4.05. The number of amides is 2. The van der Waals surface area contributed by atoms with Gasteiger partial charge in [0.25, 0.3) is 5.91 Å². The van der Waals surface area contributed by atoms with Crippen molar-refractivity contribution in [1.82, 2.24) is 20.0 Å². The van der Waals surface area contributed by atoms with Crippen LogP contribution in [0.15, 0.2) is 36.4 Å². The number of aromatic amines is 1. The van der Waals surface area contributed by atoms with Crippen LogP contribution in [0.1, 0.15) is 42.5 Å². The molecule has 0 radical (unpaired) electrons. The molecule has 154 valence electrons. The van der Waals surface area contributed by atoms with Gasteiger partial charge in [-0.3, -0.25) is 14.7 Å². The average molecular weight is 396 g/mol. The van der Waals surface area contributed by atoms with Crippen LogP contribution >= 0.6 is 0 Å². The quantitative estimate of drug-likeness (QED) is 0.857. The van der Waals surface area contributed by atoms with Crippen LogP contribution in [0.4, 0.5) is 0 Å². The summed E-state index contributed by atoms with van der Waals surface area (Å²) in [5.41, 5.74) is 2.43. The lowest BCUT2D eigenvalue weighted by atomic mass is 9.92. The van der Waals surface area contributed by atoms with E-state index >= 15 is 0 Å². The summed E-state index contributed by atoms with van der Waals surface area (Å²) >= 11 is 0. The molecule has 3 heterocycles. The van der Waals surface area contributed by atoms with Gasteiger partial charge in [-0.05, 0) is 18.1 Å². The van der Waals surface area contributed by atoms with Crippen molar-refractivity contribution in [3.05, 3.63) is 53.3 Å². The molecule has 2 saturated heterocycles. The molecule has 1 aromatic carbocycles. The normalized spacial score (nSPS) is 22.1. The summed E-state index contributed by atoms with van der Waals surface area (Å²) in [5, 5.41) is 7.19. The van der Waals surface area contributed by atoms with Crippen LogP contribution in [0.25, 0.3) is 0 Å². The maximum Gasteiger partial charge on any atom is 0.274 e. The minimum atomic E-state index is -0.145. The van der Waals surface area contributed by atoms with Crippen molar-refractivity contribution in [2.75, 3.05) is 26.2 Å². The topological polar surface area (TPSA) is 78.5 Å². The number of aromatic nitrogens is 2. The van der Waals surface area contributed by atoms with E-state index in [0.717, 1.165) is 12.1 Å². The van der Waals surface area contributed by atoms with Crippen molar-refractivity contribution in [2.24, 2.45) is 0 Å². The maximum atomic E-state index is 13.0. The first-order valence-electron chi connectivity index (χ1n) is 10.1. The summed E-state index contributed by atoms with van der Waals surface area (Å²) in [5.74, 6) is -0.128. The lowest BCUT2D eigenvalue weighted by molar-refractivity contribution is -0.152. The Morgan fingerprint density at radius 2 is 2.00 bits per heavy atom. The number of H-pyrrole nitrogens is 1. The summed E-state index contributed by atoms with van der Waals surface area (Å²) in [6.07, 6.45) is 0.645. The lowest BCUT2D eigenvalue weighted by Gasteiger charge is -2.36. The van der Waals surface area contributed by atoms with Gasteiger partial charge in [0.2, 0.25) is 5.91 Å². The Hall–Kier alpha value is -2.67. The van der Waals surface area contributed by atoms with Crippen LogP contribution in [0.2, 0.25) is 0 Å². The third-order valence-electron chi connectivity index (χ3n) is 5.75. The van der Waals surface area contributed by atoms with E-state index in [-0.39, 0.29) is 36.0 Å². The van der Waals surface area contributed by atoms with Crippen molar-refractivity contribution in [2.45, 2.75) is 44.8 Å². The number of ether oxygens (including phenoxy) is 1. The van der Waals surface area contributed by atoms with Crippen LogP contribution in [0.5, 0.6) is 0 Å². The molecule has 2 aliphatic heterocycles. The van der Waals surface area contributed by atoms with Crippen LogP contribution in [-0.4, -0.2) is 70.2 Å². The predicted octanol–water partition coefficient (Wildman–Crippen LogP) is 2.00. The van der Waals surface area contributed by atoms with E-state index in [4.69, 9.17) is 4.74 Å². The number of benzene rings is 1. The number of likely N-dealkylation sites (tertiary alicyclic amines) is 1. The van der Waals surface area contributed by atoms with Gasteiger partial charge >= 0.3 is 0 Å². The first-order chi connectivity index (χ1) is 13.8. The largest absolute Gasteiger partial charge is 0.364 e. The standard InChI is InChI=1S/C22H28N4O3/c1-22(2,3)19-11-16(23-24-19)21(28)25-12-17-18(13-25)29-14-20(27)26(17)10-9-15-7-5-4-6-8-15/h4-8,11,17-18H,9-10,12-14H2,1-3H3,(H,23,24)/t17-,18-/m0/s1. The molecule has 2 fully saturated rings. The summed E-state index contributed by atoms with van der Waals surface area (Å²) in [4.78, 5) is 29.1. The minimum absolute atomic E-state index is 0.00808. The van der Waals surface area contributed by atoms with Gasteiger partial charge in [0.15, 0.2) is 0 Å². The van der Waals surface area contributed by atoms with Crippen molar-refractivity contribution >= 4 is 11.8 Å². The van der Waals surface area contributed by atoms with E-state index in [1.54, 1.807) is 4.90 Å². The number of morpholine rings is 1. The van der Waals surface area contributed by atoms with E-state index in [1.807, 2.05) is 29.2 Å². The van der Waals surface area contributed by atoms with Gasteiger partial charge in [-0.15, -0.1) is 0 Å². The highest BCUT2D eigenvalue weighted by Crippen LogP contribution is 2.26. The number of carbonyl (C=O) groups excluding carboxylic acids is 2. The number of nitrogens with zero attached hydrogens (tertiary/aromatic N) is 3. The molecule has 7 nitrogen and oxygen atoms in total. The molecule has 29 heavy (non-hydrogen) atoms. The van der Waals surface area contributed by atoms with Gasteiger partial charge in [0, 0.05) is 30.7 Å². The van der Waals surface area contributed by atoms with Crippen molar-refractivity contribution in [3.63, 3.8) is 0 Å². The molecular formula is C22H28N4O3. The second-order valence-corrected chi connectivity index (χ2v) is 8.87. The van der Waals surface area contributed by atoms with E-state index < -0.39 is 0 Å². The summed E-state index contributed by atoms with van der Waals surface area (Å²) in [7, 11) is 0. The molecule has 0 saturated carbocycles. The molecule has 0 aliphatic carbocycles. The zero-order valence-electron chi connectivity index (χ0n) is 17.2. The van der Waals surface area contributed by atoms with Gasteiger partial charge in [0.05, 0.1) is 12.1 Å². The zero-order chi connectivity index (χ0) is 20.6. The molecule has 2 atom stereocenters. The highest BCUT2D eigenvalue weighted by atomic mass is 16.5. The van der Waals surface area contributed by atoms with Gasteiger partial charge in [-0.1, -0.05) is 51.1 Å². The fourth-order valence-corrected chi connectivity index (χ4v) is 3.99. The molecule has 0 bridgehead atoms. The summed E-state index contributed by atoms with van der Waals surface area (Å²) in [6, 6.07) is 11.8. The highest BCUT2D eigenvalue weighted by molar-refractivity contribution is 5.93. The number of nitrogens with one attached hydrogen (secondary N) is 1. The summed E-state index contributed by atoms with van der Waals surface area (Å²) < 4.78 is 5.76. The molecule has 2 aliphatic rings. The maximum absolute atomic E-state index is 13.0. The lowest BCUT2D eigenvalue weighted by Crippen LogP contribution is -2.54. The van der Waals surface area contributed by atoms with Crippen LogP contribution in [0, 0.1) is 0 Å². The Morgan fingerprint density at radius 1 is 1.24 bits per heavy atom. The monoisotopic (exact) mass is 396 g/mol. The number of hydrogen-bond donors (Lipinski definition) is 1. The van der Waals surface area contributed by atoms with Crippen LogP contribution in [0.3, 0.4) is 0 Å². The Kier molecular flexibility index (Phi) is 5.17. The van der Waals surface area contributed by atoms with Gasteiger partial charge in [-0.25, -0.2) is 0 Å². The molecule has 0 unspecified atom stereocenters. The van der Waals surface area contributed by atoms with E-state index in [0.29, 0.717) is 25.3 Å². The number of hydrogen-bond acceptors (Lipinski definition) is 4.